The van der Waals surface area contributed by atoms with E-state index in [9.17, 15) is 0 Å². The maximum Gasteiger partial charge on any atom is 0.160 e. The molecule has 14 rings (SSSR count). The molecule has 322 valence electrons. The standard InChI is InChI=1S/C64H46N4/c1-63(2)52-28-12-8-24-44(52)48-34-50-46-26-10-14-30-58(46)67(60(50)36-54(48)63)42-22-16-20-40(32-42)56-38-57(66-62(65-56)39-18-6-5-7-19-39)41-21-17-23-43(33-41)68-59-31-15-11-27-47(59)51-35-49-45-25-9-13-29-53(45)64(3,4)55(49)37-61(51)68/h5-38H,1-4H3. The maximum absolute atomic E-state index is 5.33. The van der Waals surface area contributed by atoms with Crippen LogP contribution in [0.15, 0.2) is 206 Å². The number of aromatic nitrogens is 4. The molecule has 0 amide bonds. The average Bonchev–Trinajstić information content (AvgIpc) is 4.04. The molecule has 0 saturated heterocycles. The van der Waals surface area contributed by atoms with Crippen molar-refractivity contribution in [2.75, 3.05) is 0 Å². The third-order valence-corrected chi connectivity index (χ3v) is 15.3. The molecule has 12 aromatic rings. The lowest BCUT2D eigenvalue weighted by Gasteiger charge is -2.21. The van der Waals surface area contributed by atoms with Crippen molar-refractivity contribution in [3.8, 4) is 67.5 Å². The molecule has 0 aliphatic heterocycles. The Kier molecular flexibility index (Phi) is 8.06. The summed E-state index contributed by atoms with van der Waals surface area (Å²) in [4.78, 5) is 10.7. The van der Waals surface area contributed by atoms with Gasteiger partial charge in [-0.1, -0.05) is 167 Å². The molecule has 0 bridgehead atoms. The van der Waals surface area contributed by atoms with Crippen LogP contribution in [0.5, 0.6) is 0 Å². The van der Waals surface area contributed by atoms with Crippen LogP contribution in [0.3, 0.4) is 0 Å². The summed E-state index contributed by atoms with van der Waals surface area (Å²) in [5.41, 5.74) is 22.3. The first-order chi connectivity index (χ1) is 33.2. The van der Waals surface area contributed by atoms with E-state index in [2.05, 4.69) is 237 Å². The molecular weight excluding hydrogens is 825 g/mol. The third kappa shape index (κ3) is 5.49. The molecule has 3 heterocycles. The lowest BCUT2D eigenvalue weighted by Crippen LogP contribution is -2.14. The topological polar surface area (TPSA) is 35.6 Å². The van der Waals surface area contributed by atoms with Gasteiger partial charge in [0.1, 0.15) is 0 Å². The first kappa shape index (κ1) is 38.9. The Labute approximate surface area is 395 Å². The van der Waals surface area contributed by atoms with Crippen LogP contribution in [0.25, 0.3) is 111 Å². The number of benzene rings is 9. The van der Waals surface area contributed by atoms with Gasteiger partial charge in [-0.15, -0.1) is 0 Å². The molecule has 0 spiro atoms. The zero-order chi connectivity index (χ0) is 45.5. The Bertz CT molecular complexity index is 3840. The predicted molar refractivity (Wildman–Crippen MR) is 282 cm³/mol. The molecule has 68 heavy (non-hydrogen) atoms. The van der Waals surface area contributed by atoms with Crippen LogP contribution >= 0.6 is 0 Å². The van der Waals surface area contributed by atoms with E-state index in [0.717, 1.165) is 39.5 Å². The summed E-state index contributed by atoms with van der Waals surface area (Å²) in [5.74, 6) is 0.692. The first-order valence-corrected chi connectivity index (χ1v) is 23.7. The molecule has 3 aromatic heterocycles. The monoisotopic (exact) mass is 870 g/mol. The minimum Gasteiger partial charge on any atom is -0.309 e. The van der Waals surface area contributed by atoms with Gasteiger partial charge in [-0.25, -0.2) is 9.97 Å². The van der Waals surface area contributed by atoms with Gasteiger partial charge >= 0.3 is 0 Å². The first-order valence-electron chi connectivity index (χ1n) is 23.7. The fourth-order valence-electron chi connectivity index (χ4n) is 12.0. The molecule has 0 fully saturated rings. The van der Waals surface area contributed by atoms with Crippen molar-refractivity contribution in [2.24, 2.45) is 0 Å². The summed E-state index contributed by atoms with van der Waals surface area (Å²) in [7, 11) is 0. The van der Waals surface area contributed by atoms with Gasteiger partial charge in [0.05, 0.1) is 33.5 Å². The molecule has 2 aliphatic carbocycles. The number of para-hydroxylation sites is 2. The minimum atomic E-state index is -0.114. The number of nitrogens with zero attached hydrogens (tertiary/aromatic N) is 4. The maximum atomic E-state index is 5.33. The van der Waals surface area contributed by atoms with E-state index in [0.29, 0.717) is 5.82 Å². The molecule has 4 heteroatoms. The molecule has 2 aliphatic rings. The van der Waals surface area contributed by atoms with Gasteiger partial charge in [0.2, 0.25) is 0 Å². The van der Waals surface area contributed by atoms with Crippen LogP contribution < -0.4 is 0 Å². The van der Waals surface area contributed by atoms with Crippen molar-refractivity contribution in [2.45, 2.75) is 38.5 Å². The Balaban J connectivity index is 0.932. The summed E-state index contributed by atoms with van der Waals surface area (Å²) in [5, 5.41) is 5.01. The van der Waals surface area contributed by atoms with E-state index >= 15 is 0 Å². The smallest absolute Gasteiger partial charge is 0.160 e. The van der Waals surface area contributed by atoms with Crippen molar-refractivity contribution in [1.29, 1.82) is 0 Å². The second-order valence-electron chi connectivity index (χ2n) is 19.8. The van der Waals surface area contributed by atoms with Gasteiger partial charge < -0.3 is 9.13 Å². The van der Waals surface area contributed by atoms with E-state index in [1.165, 1.54) is 88.1 Å². The molecule has 0 saturated carbocycles. The second kappa shape index (κ2) is 14.1. The zero-order valence-corrected chi connectivity index (χ0v) is 38.4. The average molecular weight is 871 g/mol. The van der Waals surface area contributed by atoms with Crippen LogP contribution in [-0.4, -0.2) is 19.1 Å². The number of rotatable bonds is 5. The second-order valence-corrected chi connectivity index (χ2v) is 19.8. The largest absolute Gasteiger partial charge is 0.309 e. The highest BCUT2D eigenvalue weighted by atomic mass is 15.0. The van der Waals surface area contributed by atoms with Crippen molar-refractivity contribution < 1.29 is 0 Å². The van der Waals surface area contributed by atoms with Gasteiger partial charge in [-0.2, -0.15) is 0 Å². The fraction of sp³-hybridized carbons (Fsp3) is 0.0938. The minimum absolute atomic E-state index is 0.114. The van der Waals surface area contributed by atoms with Gasteiger partial charge in [0, 0.05) is 60.4 Å². The Morgan fingerprint density at radius 1 is 0.309 bits per heavy atom. The molecule has 0 radical (unpaired) electrons. The van der Waals surface area contributed by atoms with Gasteiger partial charge in [-0.05, 0) is 111 Å². The van der Waals surface area contributed by atoms with Crippen molar-refractivity contribution >= 4 is 43.6 Å². The summed E-state index contributed by atoms with van der Waals surface area (Å²) < 4.78 is 4.89. The summed E-state index contributed by atoms with van der Waals surface area (Å²) in [6.45, 7) is 9.44. The van der Waals surface area contributed by atoms with Crippen molar-refractivity contribution in [3.63, 3.8) is 0 Å². The predicted octanol–water partition coefficient (Wildman–Crippen LogP) is 16.3. The van der Waals surface area contributed by atoms with Gasteiger partial charge in [-0.3, -0.25) is 0 Å². The molecule has 9 aromatic carbocycles. The molecule has 0 N–H and O–H groups in total. The van der Waals surface area contributed by atoms with Crippen molar-refractivity contribution in [3.05, 3.63) is 229 Å². The number of fused-ring (bicyclic) bond motifs is 12. The molecule has 0 atom stereocenters. The fourth-order valence-corrected chi connectivity index (χ4v) is 12.0. The third-order valence-electron chi connectivity index (χ3n) is 15.3. The molecule has 4 nitrogen and oxygen atoms in total. The summed E-state index contributed by atoms with van der Waals surface area (Å²) in [6, 6.07) is 75.5. The van der Waals surface area contributed by atoms with E-state index in [4.69, 9.17) is 9.97 Å². The van der Waals surface area contributed by atoms with Crippen molar-refractivity contribution in [1.82, 2.24) is 19.1 Å². The van der Waals surface area contributed by atoms with E-state index in [-0.39, 0.29) is 10.8 Å². The van der Waals surface area contributed by atoms with Crippen LogP contribution in [0.2, 0.25) is 0 Å². The highest BCUT2D eigenvalue weighted by molar-refractivity contribution is 6.13. The van der Waals surface area contributed by atoms with Crippen LogP contribution in [-0.2, 0) is 10.8 Å². The highest BCUT2D eigenvalue weighted by Crippen LogP contribution is 2.53. The zero-order valence-electron chi connectivity index (χ0n) is 38.4. The Hall–Kier alpha value is -8.34. The Morgan fingerprint density at radius 3 is 1.24 bits per heavy atom. The van der Waals surface area contributed by atoms with Crippen LogP contribution in [0.1, 0.15) is 49.9 Å². The summed E-state index contributed by atoms with van der Waals surface area (Å²) >= 11 is 0. The number of hydrogen-bond donors (Lipinski definition) is 0. The molecule has 0 unspecified atom stereocenters. The molecular formula is C64H46N4. The Morgan fingerprint density at radius 2 is 0.735 bits per heavy atom. The lowest BCUT2D eigenvalue weighted by atomic mass is 9.82. The highest BCUT2D eigenvalue weighted by Gasteiger charge is 2.37. The van der Waals surface area contributed by atoms with E-state index < -0.39 is 0 Å². The van der Waals surface area contributed by atoms with E-state index in [1.807, 2.05) is 6.07 Å². The quantitative estimate of drug-likeness (QED) is 0.173. The van der Waals surface area contributed by atoms with Crippen LogP contribution in [0.4, 0.5) is 0 Å². The lowest BCUT2D eigenvalue weighted by molar-refractivity contribution is 0.661. The van der Waals surface area contributed by atoms with E-state index in [1.54, 1.807) is 0 Å². The van der Waals surface area contributed by atoms with Crippen LogP contribution in [0, 0.1) is 0 Å². The SMILES string of the molecule is CC1(C)c2ccccc2-c2cc3c4ccccc4n(-c4cccc(-c5cc(-c6cccc(-n7c8ccccc8c8cc9c(cc87)C(C)(C)c7ccccc7-9)c6)nc(-c6ccccc6)n5)c4)c3cc21. The van der Waals surface area contributed by atoms with Gasteiger partial charge in [0.15, 0.2) is 5.82 Å². The summed E-state index contributed by atoms with van der Waals surface area (Å²) in [6.07, 6.45) is 0. The normalized spacial score (nSPS) is 14.1. The number of hydrogen-bond acceptors (Lipinski definition) is 2. The van der Waals surface area contributed by atoms with Gasteiger partial charge in [0.25, 0.3) is 0 Å².